The van der Waals surface area contributed by atoms with Crippen LogP contribution < -0.4 is 0 Å². The van der Waals surface area contributed by atoms with Crippen LogP contribution in [0.15, 0.2) is 12.1 Å². The van der Waals surface area contributed by atoms with E-state index in [0.29, 0.717) is 0 Å². The van der Waals surface area contributed by atoms with Crippen LogP contribution in [0.5, 0.6) is 0 Å². The van der Waals surface area contributed by atoms with E-state index in [0.717, 1.165) is 17.5 Å². The van der Waals surface area contributed by atoms with Gasteiger partial charge in [-0.1, -0.05) is 0 Å². The first-order valence-corrected chi connectivity index (χ1v) is 5.89. The fourth-order valence-electron chi connectivity index (χ4n) is 1.41. The second-order valence-corrected chi connectivity index (χ2v) is 4.89. The first-order valence-electron chi connectivity index (χ1n) is 5.07. The molecule has 3 nitrogen and oxygen atoms in total. The molecule has 0 bridgehead atoms. The van der Waals surface area contributed by atoms with E-state index >= 15 is 0 Å². The summed E-state index contributed by atoms with van der Waals surface area (Å²) in [4.78, 5) is 15.2. The van der Waals surface area contributed by atoms with Gasteiger partial charge in [-0.15, -0.1) is 11.3 Å². The zero-order valence-corrected chi connectivity index (χ0v) is 10.4. The van der Waals surface area contributed by atoms with Gasteiger partial charge in [0.2, 0.25) is 0 Å². The van der Waals surface area contributed by atoms with E-state index in [2.05, 4.69) is 34.0 Å². The Hall–Kier alpha value is -1.55. The smallest absolute Gasteiger partial charge is 0.156 e. The molecule has 0 amide bonds. The Morgan fingerprint density at radius 1 is 0.938 bits per heavy atom. The summed E-state index contributed by atoms with van der Waals surface area (Å²) in [5.74, 6) is 2.24. The molecule has 2 aromatic rings. The van der Waals surface area contributed by atoms with E-state index in [4.69, 9.17) is 0 Å². The maximum atomic E-state index is 4.25. The highest BCUT2D eigenvalue weighted by Crippen LogP contribution is 2.17. The molecule has 0 spiro atoms. The molecule has 0 saturated carbocycles. The molecule has 2 heterocycles. The molecule has 82 valence electrons. The summed E-state index contributed by atoms with van der Waals surface area (Å²) in [7, 11) is 0. The lowest BCUT2D eigenvalue weighted by Gasteiger charge is -1.96. The van der Waals surface area contributed by atoms with E-state index in [1.165, 1.54) is 9.75 Å². The Kier molecular flexibility index (Phi) is 3.10. The summed E-state index contributed by atoms with van der Waals surface area (Å²) in [6.45, 7) is 5.85. The lowest BCUT2D eigenvalue weighted by Crippen LogP contribution is -1.97. The average molecular weight is 231 g/mol. The van der Waals surface area contributed by atoms with Crippen LogP contribution in [0.1, 0.15) is 27.2 Å². The van der Waals surface area contributed by atoms with E-state index < -0.39 is 0 Å². The minimum absolute atomic E-state index is 0.719. The fraction of sp³-hybridized carbons (Fsp3) is 0.250. The van der Waals surface area contributed by atoms with Crippen molar-refractivity contribution in [3.8, 4) is 0 Å². The normalized spacial score (nSPS) is 11.2. The molecule has 0 saturated heterocycles. The molecular formula is C12H13N3S. The first kappa shape index (κ1) is 11.0. The summed E-state index contributed by atoms with van der Waals surface area (Å²) < 4.78 is 0. The number of aryl methyl sites for hydroxylation is 3. The summed E-state index contributed by atoms with van der Waals surface area (Å²) in [5.41, 5.74) is 0. The Bertz CT molecular complexity index is 509. The SMILES string of the molecule is Cc1nc(C)nc(/C=C/c2ccc(C)s2)n1. The third-order valence-corrected chi connectivity index (χ3v) is 3.00. The van der Waals surface area contributed by atoms with Crippen molar-refractivity contribution in [2.75, 3.05) is 0 Å². The van der Waals surface area contributed by atoms with Gasteiger partial charge in [0.05, 0.1) is 0 Å². The maximum absolute atomic E-state index is 4.25. The fourth-order valence-corrected chi connectivity index (χ4v) is 2.19. The number of aromatic nitrogens is 3. The number of hydrogen-bond acceptors (Lipinski definition) is 4. The molecule has 0 unspecified atom stereocenters. The van der Waals surface area contributed by atoms with Gasteiger partial charge < -0.3 is 0 Å². The predicted octanol–water partition coefficient (Wildman–Crippen LogP) is 3.03. The number of nitrogens with zero attached hydrogens (tertiary/aromatic N) is 3. The van der Waals surface area contributed by atoms with Crippen LogP contribution in [-0.2, 0) is 0 Å². The van der Waals surface area contributed by atoms with Crippen molar-refractivity contribution >= 4 is 23.5 Å². The molecular weight excluding hydrogens is 218 g/mol. The molecule has 2 rings (SSSR count). The Morgan fingerprint density at radius 3 is 2.19 bits per heavy atom. The van der Waals surface area contributed by atoms with E-state index in [1.807, 2.05) is 26.0 Å². The zero-order chi connectivity index (χ0) is 11.5. The van der Waals surface area contributed by atoms with Crippen LogP contribution in [0.25, 0.3) is 12.2 Å². The number of hydrogen-bond donors (Lipinski definition) is 0. The molecule has 0 radical (unpaired) electrons. The van der Waals surface area contributed by atoms with Crippen LogP contribution >= 0.6 is 11.3 Å². The van der Waals surface area contributed by atoms with Crippen molar-refractivity contribution < 1.29 is 0 Å². The van der Waals surface area contributed by atoms with E-state index in [-0.39, 0.29) is 0 Å². The van der Waals surface area contributed by atoms with Gasteiger partial charge >= 0.3 is 0 Å². The summed E-state index contributed by atoms with van der Waals surface area (Å²) in [6, 6.07) is 4.20. The third kappa shape index (κ3) is 2.73. The highest BCUT2D eigenvalue weighted by atomic mass is 32.1. The van der Waals surface area contributed by atoms with Gasteiger partial charge in [0.1, 0.15) is 11.6 Å². The second kappa shape index (κ2) is 4.53. The quantitative estimate of drug-likeness (QED) is 0.797. The van der Waals surface area contributed by atoms with Crippen molar-refractivity contribution in [1.82, 2.24) is 15.0 Å². The van der Waals surface area contributed by atoms with E-state index in [9.17, 15) is 0 Å². The Balaban J connectivity index is 2.23. The van der Waals surface area contributed by atoms with Crippen molar-refractivity contribution in [3.63, 3.8) is 0 Å². The van der Waals surface area contributed by atoms with Gasteiger partial charge in [-0.05, 0) is 45.1 Å². The molecule has 0 aliphatic rings. The van der Waals surface area contributed by atoms with Gasteiger partial charge in [0.25, 0.3) is 0 Å². The molecule has 0 N–H and O–H groups in total. The number of rotatable bonds is 2. The minimum atomic E-state index is 0.719. The van der Waals surface area contributed by atoms with Crippen molar-refractivity contribution in [1.29, 1.82) is 0 Å². The topological polar surface area (TPSA) is 38.7 Å². The van der Waals surface area contributed by atoms with Crippen LogP contribution in [0.2, 0.25) is 0 Å². The van der Waals surface area contributed by atoms with Gasteiger partial charge in [-0.25, -0.2) is 15.0 Å². The molecule has 16 heavy (non-hydrogen) atoms. The molecule has 0 aliphatic carbocycles. The van der Waals surface area contributed by atoms with Gasteiger partial charge in [0, 0.05) is 9.75 Å². The predicted molar refractivity (Wildman–Crippen MR) is 67.3 cm³/mol. The number of thiophene rings is 1. The van der Waals surface area contributed by atoms with Gasteiger partial charge in [0.15, 0.2) is 5.82 Å². The third-order valence-electron chi connectivity index (χ3n) is 2.03. The Labute approximate surface area is 98.9 Å². The van der Waals surface area contributed by atoms with Crippen molar-refractivity contribution in [3.05, 3.63) is 39.4 Å². The van der Waals surface area contributed by atoms with Crippen LogP contribution in [-0.4, -0.2) is 15.0 Å². The van der Waals surface area contributed by atoms with Crippen LogP contribution in [0, 0.1) is 20.8 Å². The summed E-state index contributed by atoms with van der Waals surface area (Å²) >= 11 is 1.76. The second-order valence-electron chi connectivity index (χ2n) is 3.57. The largest absolute Gasteiger partial charge is 0.219 e. The minimum Gasteiger partial charge on any atom is -0.219 e. The molecule has 4 heteroatoms. The first-order chi connectivity index (χ1) is 7.63. The maximum Gasteiger partial charge on any atom is 0.156 e. The summed E-state index contributed by atoms with van der Waals surface area (Å²) in [5, 5.41) is 0. The summed E-state index contributed by atoms with van der Waals surface area (Å²) in [6.07, 6.45) is 3.96. The van der Waals surface area contributed by atoms with Crippen molar-refractivity contribution in [2.24, 2.45) is 0 Å². The molecule has 0 fully saturated rings. The highest BCUT2D eigenvalue weighted by molar-refractivity contribution is 7.12. The molecule has 2 aromatic heterocycles. The van der Waals surface area contributed by atoms with Gasteiger partial charge in [-0.3, -0.25) is 0 Å². The molecule has 0 aromatic carbocycles. The monoisotopic (exact) mass is 231 g/mol. The van der Waals surface area contributed by atoms with Crippen molar-refractivity contribution in [2.45, 2.75) is 20.8 Å². The standard InChI is InChI=1S/C12H13N3S/c1-8-4-5-11(16-8)6-7-12-14-9(2)13-10(3)15-12/h4-7H,1-3H3/b7-6+. The lowest BCUT2D eigenvalue weighted by molar-refractivity contribution is 0.908. The molecule has 0 aliphatic heterocycles. The lowest BCUT2D eigenvalue weighted by atomic mass is 10.4. The average Bonchev–Trinajstić information content (AvgIpc) is 2.60. The Morgan fingerprint density at radius 2 is 1.62 bits per heavy atom. The highest BCUT2D eigenvalue weighted by Gasteiger charge is 1.97. The van der Waals surface area contributed by atoms with E-state index in [1.54, 1.807) is 11.3 Å². The van der Waals surface area contributed by atoms with Gasteiger partial charge in [-0.2, -0.15) is 0 Å². The zero-order valence-electron chi connectivity index (χ0n) is 9.56. The van der Waals surface area contributed by atoms with Crippen LogP contribution in [0.3, 0.4) is 0 Å². The van der Waals surface area contributed by atoms with Crippen LogP contribution in [0.4, 0.5) is 0 Å². The molecule has 0 atom stereocenters.